The van der Waals surface area contributed by atoms with E-state index >= 15 is 0 Å². The summed E-state index contributed by atoms with van der Waals surface area (Å²) in [6.45, 7) is 10.1. The highest BCUT2D eigenvalue weighted by Crippen LogP contribution is 2.40. The number of unbranched alkanes of at least 4 members (excludes halogenated alkanes) is 5. The van der Waals surface area contributed by atoms with Gasteiger partial charge >= 0.3 is 0 Å². The van der Waals surface area contributed by atoms with Crippen molar-refractivity contribution in [2.24, 2.45) is 4.99 Å². The Bertz CT molecular complexity index is 618. The second-order valence-electron chi connectivity index (χ2n) is 7.35. The fraction of sp³-hybridized carbons (Fsp3) is 0.667. The highest BCUT2D eigenvalue weighted by atomic mass is 35.5. The molecule has 0 saturated heterocycles. The van der Waals surface area contributed by atoms with E-state index in [9.17, 15) is 0 Å². The summed E-state index contributed by atoms with van der Waals surface area (Å²) in [7, 11) is 0. The Morgan fingerprint density at radius 2 is 1.69 bits per heavy atom. The largest absolute Gasteiger partial charge is 0.361 e. The van der Waals surface area contributed by atoms with Crippen LogP contribution in [0.25, 0.3) is 0 Å². The number of hydrogen-bond acceptors (Lipinski definition) is 4. The number of guanidine groups is 1. The molecule has 146 valence electrons. The first kappa shape index (κ1) is 21.0. The molecule has 0 bridgehead atoms. The van der Waals surface area contributed by atoms with Gasteiger partial charge in [0.1, 0.15) is 6.73 Å². The van der Waals surface area contributed by atoms with Gasteiger partial charge in [0.25, 0.3) is 0 Å². The normalized spacial score (nSPS) is 15.4. The lowest BCUT2D eigenvalue weighted by Gasteiger charge is -2.26. The SMILES string of the molecule is CCCCCCCCOCN1C2=NCCCN2c2cc(C)c(C)cc21.Cl. The molecule has 0 amide bonds. The molecule has 2 heterocycles. The van der Waals surface area contributed by atoms with Gasteiger partial charge in [0.05, 0.1) is 11.4 Å². The lowest BCUT2D eigenvalue weighted by molar-refractivity contribution is 0.137. The highest BCUT2D eigenvalue weighted by molar-refractivity contribution is 6.16. The number of anilines is 2. The Kier molecular flexibility index (Phi) is 8.23. The fourth-order valence-electron chi connectivity index (χ4n) is 3.65. The minimum absolute atomic E-state index is 0. The van der Waals surface area contributed by atoms with E-state index in [0.29, 0.717) is 6.73 Å². The Labute approximate surface area is 165 Å². The van der Waals surface area contributed by atoms with Gasteiger partial charge in [0, 0.05) is 19.7 Å². The van der Waals surface area contributed by atoms with Crippen LogP contribution >= 0.6 is 12.4 Å². The van der Waals surface area contributed by atoms with Crippen LogP contribution in [0, 0.1) is 13.8 Å². The van der Waals surface area contributed by atoms with E-state index in [0.717, 1.165) is 38.5 Å². The molecule has 1 aromatic rings. The van der Waals surface area contributed by atoms with Gasteiger partial charge in [-0.1, -0.05) is 39.0 Å². The maximum atomic E-state index is 6.02. The standard InChI is InChI=1S/C21H33N3O.ClH/c1-4-5-6-7-8-9-13-25-16-24-20-15-18(3)17(2)14-19(20)23-12-10-11-22-21(23)24;/h14-15H,4-13,16H2,1-3H3;1H. The van der Waals surface area contributed by atoms with E-state index in [1.165, 1.54) is 54.6 Å². The number of aryl methyl sites for hydroxylation is 2. The van der Waals surface area contributed by atoms with Crippen molar-refractivity contribution in [3.8, 4) is 0 Å². The Morgan fingerprint density at radius 1 is 1.00 bits per heavy atom. The summed E-state index contributed by atoms with van der Waals surface area (Å²) in [5.74, 6) is 1.08. The minimum Gasteiger partial charge on any atom is -0.361 e. The van der Waals surface area contributed by atoms with Crippen molar-refractivity contribution in [3.05, 3.63) is 23.3 Å². The molecule has 0 N–H and O–H groups in total. The van der Waals surface area contributed by atoms with Gasteiger partial charge in [0.15, 0.2) is 0 Å². The molecular formula is C21H34ClN3O. The quantitative estimate of drug-likeness (QED) is 0.534. The van der Waals surface area contributed by atoms with Crippen molar-refractivity contribution in [1.29, 1.82) is 0 Å². The molecule has 0 spiro atoms. The zero-order valence-electron chi connectivity index (χ0n) is 16.6. The van der Waals surface area contributed by atoms with E-state index in [1.807, 2.05) is 0 Å². The molecule has 3 rings (SSSR count). The monoisotopic (exact) mass is 379 g/mol. The first-order valence-corrected chi connectivity index (χ1v) is 10.0. The third-order valence-electron chi connectivity index (χ3n) is 5.31. The summed E-state index contributed by atoms with van der Waals surface area (Å²) < 4.78 is 6.02. The second kappa shape index (κ2) is 10.2. The zero-order valence-corrected chi connectivity index (χ0v) is 17.4. The lowest BCUT2D eigenvalue weighted by Crippen LogP contribution is -2.42. The summed E-state index contributed by atoms with van der Waals surface area (Å²) >= 11 is 0. The van der Waals surface area contributed by atoms with Crippen molar-refractivity contribution in [2.75, 3.05) is 36.2 Å². The topological polar surface area (TPSA) is 28.1 Å². The Balaban J connectivity index is 0.00000243. The molecule has 0 aliphatic carbocycles. The number of benzene rings is 1. The zero-order chi connectivity index (χ0) is 17.6. The van der Waals surface area contributed by atoms with Crippen LogP contribution in [0.3, 0.4) is 0 Å². The fourth-order valence-corrected chi connectivity index (χ4v) is 3.65. The Morgan fingerprint density at radius 3 is 2.46 bits per heavy atom. The van der Waals surface area contributed by atoms with Crippen molar-refractivity contribution in [3.63, 3.8) is 0 Å². The number of aliphatic imine (C=N–C) groups is 1. The number of nitrogens with zero attached hydrogens (tertiary/aromatic N) is 3. The van der Waals surface area contributed by atoms with E-state index < -0.39 is 0 Å². The maximum Gasteiger partial charge on any atom is 0.207 e. The van der Waals surface area contributed by atoms with Crippen molar-refractivity contribution in [1.82, 2.24) is 0 Å². The van der Waals surface area contributed by atoms with E-state index in [4.69, 9.17) is 9.73 Å². The summed E-state index contributed by atoms with van der Waals surface area (Å²) in [5.41, 5.74) is 5.23. The average Bonchev–Trinajstić information content (AvgIpc) is 2.91. The van der Waals surface area contributed by atoms with Gasteiger partial charge in [-0.2, -0.15) is 0 Å². The van der Waals surface area contributed by atoms with Gasteiger partial charge < -0.3 is 9.64 Å². The molecule has 2 aliphatic heterocycles. The maximum absolute atomic E-state index is 6.02. The molecule has 0 fully saturated rings. The molecule has 1 aromatic carbocycles. The van der Waals surface area contributed by atoms with Crippen molar-refractivity contribution in [2.45, 2.75) is 65.7 Å². The number of rotatable bonds is 9. The lowest BCUT2D eigenvalue weighted by atomic mass is 10.1. The smallest absolute Gasteiger partial charge is 0.207 e. The van der Waals surface area contributed by atoms with Gasteiger partial charge in [-0.25, -0.2) is 0 Å². The minimum atomic E-state index is 0. The number of hydrogen-bond donors (Lipinski definition) is 0. The summed E-state index contributed by atoms with van der Waals surface area (Å²) in [6, 6.07) is 4.60. The molecule has 2 aliphatic rings. The van der Waals surface area contributed by atoms with Crippen molar-refractivity contribution >= 4 is 29.7 Å². The first-order chi connectivity index (χ1) is 12.2. The molecule has 0 unspecified atom stereocenters. The van der Waals surface area contributed by atoms with Crippen LogP contribution in [0.5, 0.6) is 0 Å². The number of fused-ring (bicyclic) bond motifs is 3. The highest BCUT2D eigenvalue weighted by Gasteiger charge is 2.34. The van der Waals surface area contributed by atoms with E-state index in [2.05, 4.69) is 42.7 Å². The van der Waals surface area contributed by atoms with Crippen LogP contribution in [-0.2, 0) is 4.74 Å². The van der Waals surface area contributed by atoms with Crippen molar-refractivity contribution < 1.29 is 4.74 Å². The van der Waals surface area contributed by atoms with Crippen LogP contribution in [-0.4, -0.2) is 32.4 Å². The molecule has 0 saturated carbocycles. The van der Waals surface area contributed by atoms with Gasteiger partial charge in [-0.3, -0.25) is 9.89 Å². The van der Waals surface area contributed by atoms with Crippen LogP contribution in [0.4, 0.5) is 11.4 Å². The summed E-state index contributed by atoms with van der Waals surface area (Å²) in [4.78, 5) is 9.41. The predicted octanol–water partition coefficient (Wildman–Crippen LogP) is 5.45. The summed E-state index contributed by atoms with van der Waals surface area (Å²) in [5, 5.41) is 0. The van der Waals surface area contributed by atoms with E-state index in [-0.39, 0.29) is 12.4 Å². The third-order valence-corrected chi connectivity index (χ3v) is 5.31. The Hall–Kier alpha value is -1.26. The molecular weight excluding hydrogens is 346 g/mol. The van der Waals surface area contributed by atoms with Crippen LogP contribution in [0.1, 0.15) is 63.0 Å². The van der Waals surface area contributed by atoms with Gasteiger partial charge in [0.2, 0.25) is 5.96 Å². The third kappa shape index (κ3) is 4.72. The molecule has 4 nitrogen and oxygen atoms in total. The van der Waals surface area contributed by atoms with Gasteiger partial charge in [-0.15, -0.1) is 12.4 Å². The number of ether oxygens (including phenoxy) is 1. The molecule has 26 heavy (non-hydrogen) atoms. The van der Waals surface area contributed by atoms with Crippen LogP contribution in [0.2, 0.25) is 0 Å². The van der Waals surface area contributed by atoms with Crippen LogP contribution < -0.4 is 9.80 Å². The molecule has 0 radical (unpaired) electrons. The average molecular weight is 380 g/mol. The first-order valence-electron chi connectivity index (χ1n) is 10.0. The second-order valence-corrected chi connectivity index (χ2v) is 7.35. The van der Waals surface area contributed by atoms with Gasteiger partial charge in [-0.05, 0) is 49.9 Å². The molecule has 0 atom stereocenters. The van der Waals surface area contributed by atoms with E-state index in [1.54, 1.807) is 0 Å². The van der Waals surface area contributed by atoms with Crippen LogP contribution in [0.15, 0.2) is 17.1 Å². The molecule has 0 aromatic heterocycles. The number of halogens is 1. The molecule has 5 heteroatoms. The summed E-state index contributed by atoms with van der Waals surface area (Å²) in [6.07, 6.45) is 8.93. The predicted molar refractivity (Wildman–Crippen MR) is 114 cm³/mol.